The summed E-state index contributed by atoms with van der Waals surface area (Å²) in [4.78, 5) is 47.3. The predicted molar refractivity (Wildman–Crippen MR) is 171 cm³/mol. The van der Waals surface area contributed by atoms with Crippen molar-refractivity contribution in [3.05, 3.63) is 103 Å². The maximum absolute atomic E-state index is 12.9. The molecule has 2 aromatic carbocycles. The first-order valence-electron chi connectivity index (χ1n) is 15.2. The number of fused-ring (bicyclic) bond motifs is 2. The van der Waals surface area contributed by atoms with Gasteiger partial charge in [0.25, 0.3) is 5.91 Å². The van der Waals surface area contributed by atoms with Crippen molar-refractivity contribution < 1.29 is 23.9 Å². The van der Waals surface area contributed by atoms with Crippen molar-refractivity contribution >= 4 is 29.2 Å². The number of imidazole rings is 1. The van der Waals surface area contributed by atoms with E-state index in [1.165, 1.54) is 4.90 Å². The monoisotopic (exact) mass is 616 g/mol. The van der Waals surface area contributed by atoms with Gasteiger partial charge in [-0.1, -0.05) is 30.3 Å². The molecule has 3 aromatic heterocycles. The Morgan fingerprint density at radius 3 is 2.63 bits per heavy atom. The topological polar surface area (TPSA) is 127 Å². The zero-order valence-corrected chi connectivity index (χ0v) is 25.0. The lowest BCUT2D eigenvalue weighted by Gasteiger charge is -2.29. The maximum Gasteiger partial charge on any atom is 0.255 e. The van der Waals surface area contributed by atoms with Crippen LogP contribution in [-0.2, 0) is 20.9 Å². The van der Waals surface area contributed by atoms with E-state index >= 15 is 0 Å². The molecule has 5 heterocycles. The molecule has 5 aromatic rings. The molecule has 46 heavy (non-hydrogen) atoms. The summed E-state index contributed by atoms with van der Waals surface area (Å²) >= 11 is 0. The number of ether oxygens (including phenoxy) is 2. The van der Waals surface area contributed by atoms with Gasteiger partial charge < -0.3 is 24.1 Å². The predicted octanol–water partition coefficient (Wildman–Crippen LogP) is 4.33. The molecule has 11 heteroatoms. The molecule has 1 unspecified atom stereocenters. The first-order chi connectivity index (χ1) is 22.5. The van der Waals surface area contributed by atoms with Crippen LogP contribution in [0.4, 0.5) is 5.82 Å². The molecule has 0 spiro atoms. The number of anilines is 1. The van der Waals surface area contributed by atoms with Crippen molar-refractivity contribution in [3.8, 4) is 28.1 Å². The number of carbonyl (C=O) groups is 3. The van der Waals surface area contributed by atoms with Crippen LogP contribution in [0.25, 0.3) is 28.0 Å². The quantitative estimate of drug-likeness (QED) is 0.166. The van der Waals surface area contributed by atoms with E-state index in [0.717, 1.165) is 39.4 Å². The standard InChI is InChI=1S/C35H32N6O5/c42-33-11-10-30(34(43)39-33)41-21-26-19-27(8-9-28(26)35(41)44)46-18-17-45-16-14-37-31-20-25(12-13-36-31)23-4-6-24(7-5-23)29-22-40-15-2-1-3-32(40)38-29/h1-9,12-13,15,19-20,22,30H,10-11,14,16-18,21H2,(H,36,37)(H,39,42,43). The lowest BCUT2D eigenvalue weighted by Crippen LogP contribution is -2.52. The summed E-state index contributed by atoms with van der Waals surface area (Å²) in [7, 11) is 0. The smallest absolute Gasteiger partial charge is 0.255 e. The number of nitrogens with one attached hydrogen (secondary N) is 2. The molecular weight excluding hydrogens is 584 g/mol. The molecular formula is C35H32N6O5. The van der Waals surface area contributed by atoms with Crippen molar-refractivity contribution in [1.29, 1.82) is 0 Å². The third kappa shape index (κ3) is 6.18. The van der Waals surface area contributed by atoms with Crippen LogP contribution >= 0.6 is 0 Å². The van der Waals surface area contributed by atoms with Gasteiger partial charge in [-0.3, -0.25) is 19.7 Å². The van der Waals surface area contributed by atoms with E-state index in [9.17, 15) is 14.4 Å². The fourth-order valence-corrected chi connectivity index (χ4v) is 5.83. The number of piperidine rings is 1. The average molecular weight is 617 g/mol. The van der Waals surface area contributed by atoms with Gasteiger partial charge in [0.1, 0.15) is 29.9 Å². The zero-order valence-electron chi connectivity index (χ0n) is 25.0. The maximum atomic E-state index is 12.9. The van der Waals surface area contributed by atoms with E-state index in [0.29, 0.717) is 50.6 Å². The van der Waals surface area contributed by atoms with Crippen LogP contribution in [0.2, 0.25) is 0 Å². The van der Waals surface area contributed by atoms with Crippen molar-refractivity contribution in [1.82, 2.24) is 24.6 Å². The highest BCUT2D eigenvalue weighted by molar-refractivity contribution is 6.05. The van der Waals surface area contributed by atoms with Crippen molar-refractivity contribution in [2.75, 3.05) is 31.7 Å². The molecule has 1 atom stereocenters. The second-order valence-electron chi connectivity index (χ2n) is 11.2. The van der Waals surface area contributed by atoms with Crippen LogP contribution in [0.1, 0.15) is 28.8 Å². The van der Waals surface area contributed by atoms with Gasteiger partial charge in [0.15, 0.2) is 0 Å². The SMILES string of the molecule is O=C1CCC(N2Cc3cc(OCCOCCNc4cc(-c5ccc(-c6cn7ccccc7n6)cc5)ccn4)ccc3C2=O)C(=O)N1. The van der Waals surface area contributed by atoms with Crippen molar-refractivity contribution in [2.24, 2.45) is 0 Å². The molecule has 1 saturated heterocycles. The second-order valence-corrected chi connectivity index (χ2v) is 11.2. The molecule has 3 amide bonds. The number of benzene rings is 2. The molecule has 1 fully saturated rings. The number of carbonyl (C=O) groups excluding carboxylic acids is 3. The molecule has 2 N–H and O–H groups in total. The molecule has 7 rings (SSSR count). The molecule has 2 aliphatic heterocycles. The zero-order chi connectivity index (χ0) is 31.5. The molecule has 2 aliphatic rings. The van der Waals surface area contributed by atoms with E-state index in [4.69, 9.17) is 14.5 Å². The Balaban J connectivity index is 0.848. The van der Waals surface area contributed by atoms with E-state index in [1.807, 2.05) is 53.2 Å². The van der Waals surface area contributed by atoms with Gasteiger partial charge in [-0.2, -0.15) is 0 Å². The van der Waals surface area contributed by atoms with Crippen LogP contribution in [0, 0.1) is 0 Å². The Morgan fingerprint density at radius 2 is 1.78 bits per heavy atom. The number of amides is 3. The van der Waals surface area contributed by atoms with Crippen LogP contribution in [0.5, 0.6) is 5.75 Å². The Kier molecular flexibility index (Phi) is 8.13. The van der Waals surface area contributed by atoms with Gasteiger partial charge in [0, 0.05) is 49.2 Å². The second kappa shape index (κ2) is 12.8. The molecule has 11 nitrogen and oxygen atoms in total. The Bertz CT molecular complexity index is 1890. The first-order valence-corrected chi connectivity index (χ1v) is 15.2. The van der Waals surface area contributed by atoms with E-state index in [-0.39, 0.29) is 18.2 Å². The third-order valence-electron chi connectivity index (χ3n) is 8.18. The van der Waals surface area contributed by atoms with Crippen molar-refractivity contribution in [2.45, 2.75) is 25.4 Å². The highest BCUT2D eigenvalue weighted by atomic mass is 16.5. The van der Waals surface area contributed by atoms with Crippen molar-refractivity contribution in [3.63, 3.8) is 0 Å². The number of hydrogen-bond donors (Lipinski definition) is 2. The summed E-state index contributed by atoms with van der Waals surface area (Å²) in [6.45, 7) is 2.11. The van der Waals surface area contributed by atoms with Crippen LogP contribution in [0.15, 0.2) is 91.4 Å². The van der Waals surface area contributed by atoms with Gasteiger partial charge in [-0.25, -0.2) is 9.97 Å². The summed E-state index contributed by atoms with van der Waals surface area (Å²) in [6, 6.07) is 23.0. The van der Waals surface area contributed by atoms with Crippen LogP contribution < -0.4 is 15.4 Å². The van der Waals surface area contributed by atoms with Gasteiger partial charge in [-0.15, -0.1) is 0 Å². The van der Waals surface area contributed by atoms with Crippen LogP contribution in [-0.4, -0.2) is 69.4 Å². The fraction of sp³-hybridized carbons (Fsp3) is 0.229. The number of aromatic nitrogens is 3. The lowest BCUT2D eigenvalue weighted by atomic mass is 10.0. The minimum Gasteiger partial charge on any atom is -0.491 e. The van der Waals surface area contributed by atoms with Gasteiger partial charge in [-0.05, 0) is 65.6 Å². The summed E-state index contributed by atoms with van der Waals surface area (Å²) in [6.07, 6.45) is 6.37. The van der Waals surface area contributed by atoms with E-state index in [1.54, 1.807) is 18.3 Å². The van der Waals surface area contributed by atoms with Gasteiger partial charge in [0.2, 0.25) is 11.8 Å². The summed E-state index contributed by atoms with van der Waals surface area (Å²) in [5, 5.41) is 5.63. The van der Waals surface area contributed by atoms with Gasteiger partial charge in [0.05, 0.1) is 18.9 Å². The molecule has 0 bridgehead atoms. The number of imide groups is 1. The molecule has 0 saturated carbocycles. The summed E-state index contributed by atoms with van der Waals surface area (Å²) in [5.74, 6) is 0.467. The normalized spacial score (nSPS) is 16.0. The highest BCUT2D eigenvalue weighted by Crippen LogP contribution is 2.30. The lowest BCUT2D eigenvalue weighted by molar-refractivity contribution is -0.136. The molecule has 0 radical (unpaired) electrons. The highest BCUT2D eigenvalue weighted by Gasteiger charge is 2.39. The summed E-state index contributed by atoms with van der Waals surface area (Å²) < 4.78 is 13.6. The number of pyridine rings is 2. The average Bonchev–Trinajstić information content (AvgIpc) is 3.65. The summed E-state index contributed by atoms with van der Waals surface area (Å²) in [5.41, 5.74) is 6.41. The number of rotatable bonds is 11. The minimum absolute atomic E-state index is 0.204. The Labute approximate surface area is 265 Å². The Hall–Kier alpha value is -5.55. The molecule has 0 aliphatic carbocycles. The Morgan fingerprint density at radius 1 is 0.913 bits per heavy atom. The molecule has 232 valence electrons. The minimum atomic E-state index is -0.636. The largest absolute Gasteiger partial charge is 0.491 e. The number of nitrogens with zero attached hydrogens (tertiary/aromatic N) is 4. The third-order valence-corrected chi connectivity index (χ3v) is 8.18. The van der Waals surface area contributed by atoms with E-state index in [2.05, 4.69) is 39.9 Å². The van der Waals surface area contributed by atoms with Gasteiger partial charge >= 0.3 is 0 Å². The van der Waals surface area contributed by atoms with Crippen LogP contribution in [0.3, 0.4) is 0 Å². The fourth-order valence-electron chi connectivity index (χ4n) is 5.83. The van der Waals surface area contributed by atoms with E-state index < -0.39 is 11.9 Å². The number of hydrogen-bond acceptors (Lipinski definition) is 8. The first kappa shape index (κ1) is 29.2.